The molecule has 27 heavy (non-hydrogen) atoms. The molecule has 2 rings (SSSR count). The monoisotopic (exact) mass is 393 g/mol. The lowest BCUT2D eigenvalue weighted by molar-refractivity contribution is -0.148. The molecule has 2 heterocycles. The standard InChI is InChI=1S/C20H31N3O3S/c1-7-11-26-20(25)15(8-2)23-16(12-22(9-3)10-4)21-18-17(19(23)24)13(5)14(6)27-18/h15H,7-12H2,1-6H3. The molecule has 0 amide bonds. The van der Waals surface area contributed by atoms with E-state index in [1.807, 2.05) is 27.7 Å². The zero-order chi connectivity index (χ0) is 20.1. The van der Waals surface area contributed by atoms with Crippen molar-refractivity contribution >= 4 is 27.5 Å². The fraction of sp³-hybridized carbons (Fsp3) is 0.650. The van der Waals surface area contributed by atoms with Crippen molar-refractivity contribution in [2.45, 2.75) is 67.0 Å². The summed E-state index contributed by atoms with van der Waals surface area (Å²) in [6.45, 7) is 14.6. The van der Waals surface area contributed by atoms with Crippen LogP contribution in [-0.4, -0.2) is 40.1 Å². The van der Waals surface area contributed by atoms with Crippen LogP contribution in [0.2, 0.25) is 0 Å². The van der Waals surface area contributed by atoms with Gasteiger partial charge in [0.25, 0.3) is 5.56 Å². The SMILES string of the molecule is CCCOC(=O)C(CC)n1c(CN(CC)CC)nc2sc(C)c(C)c2c1=O. The van der Waals surface area contributed by atoms with Crippen molar-refractivity contribution in [2.24, 2.45) is 0 Å². The van der Waals surface area contributed by atoms with E-state index in [4.69, 9.17) is 9.72 Å². The molecule has 0 fully saturated rings. The second-order valence-electron chi connectivity index (χ2n) is 6.72. The van der Waals surface area contributed by atoms with Gasteiger partial charge in [-0.25, -0.2) is 9.78 Å². The molecule has 0 saturated carbocycles. The third-order valence-electron chi connectivity index (χ3n) is 4.99. The van der Waals surface area contributed by atoms with Gasteiger partial charge >= 0.3 is 5.97 Å². The summed E-state index contributed by atoms with van der Waals surface area (Å²) in [7, 11) is 0. The minimum atomic E-state index is -0.647. The summed E-state index contributed by atoms with van der Waals surface area (Å²) in [5, 5.41) is 0.627. The van der Waals surface area contributed by atoms with Gasteiger partial charge in [-0.2, -0.15) is 0 Å². The molecular weight excluding hydrogens is 362 g/mol. The van der Waals surface area contributed by atoms with Gasteiger partial charge in [-0.05, 0) is 45.3 Å². The number of fused-ring (bicyclic) bond motifs is 1. The zero-order valence-electron chi connectivity index (χ0n) is 17.3. The Balaban J connectivity index is 2.68. The maximum Gasteiger partial charge on any atom is 0.329 e. The van der Waals surface area contributed by atoms with Crippen LogP contribution in [0.25, 0.3) is 10.2 Å². The average molecular weight is 394 g/mol. The Morgan fingerprint density at radius 1 is 1.22 bits per heavy atom. The van der Waals surface area contributed by atoms with Crippen molar-refractivity contribution in [3.63, 3.8) is 0 Å². The zero-order valence-corrected chi connectivity index (χ0v) is 18.1. The van der Waals surface area contributed by atoms with Gasteiger partial charge in [0.05, 0.1) is 18.5 Å². The van der Waals surface area contributed by atoms with Gasteiger partial charge < -0.3 is 4.74 Å². The van der Waals surface area contributed by atoms with E-state index in [0.717, 1.165) is 34.8 Å². The van der Waals surface area contributed by atoms with Gasteiger partial charge in [-0.3, -0.25) is 14.3 Å². The highest BCUT2D eigenvalue weighted by Crippen LogP contribution is 2.28. The number of carbonyl (C=O) groups is 1. The summed E-state index contributed by atoms with van der Waals surface area (Å²) >= 11 is 1.54. The molecule has 7 heteroatoms. The van der Waals surface area contributed by atoms with E-state index >= 15 is 0 Å². The lowest BCUT2D eigenvalue weighted by atomic mass is 10.1. The molecule has 2 aromatic heterocycles. The topological polar surface area (TPSA) is 64.4 Å². The third-order valence-corrected chi connectivity index (χ3v) is 6.09. The van der Waals surface area contributed by atoms with Gasteiger partial charge in [-0.1, -0.05) is 27.7 Å². The minimum Gasteiger partial charge on any atom is -0.464 e. The van der Waals surface area contributed by atoms with Crippen LogP contribution >= 0.6 is 11.3 Å². The predicted molar refractivity (Wildman–Crippen MR) is 111 cm³/mol. The lowest BCUT2D eigenvalue weighted by Gasteiger charge is -2.24. The molecule has 0 aliphatic heterocycles. The second-order valence-corrected chi connectivity index (χ2v) is 7.92. The first-order valence-electron chi connectivity index (χ1n) is 9.79. The maximum absolute atomic E-state index is 13.4. The highest BCUT2D eigenvalue weighted by atomic mass is 32.1. The number of hydrogen-bond acceptors (Lipinski definition) is 6. The number of aryl methyl sites for hydroxylation is 2. The van der Waals surface area contributed by atoms with Gasteiger partial charge in [0.1, 0.15) is 16.7 Å². The van der Waals surface area contributed by atoms with E-state index in [0.29, 0.717) is 30.8 Å². The van der Waals surface area contributed by atoms with Crippen LogP contribution in [0, 0.1) is 13.8 Å². The number of hydrogen-bond donors (Lipinski definition) is 0. The van der Waals surface area contributed by atoms with Crippen molar-refractivity contribution in [1.82, 2.24) is 14.5 Å². The van der Waals surface area contributed by atoms with E-state index in [9.17, 15) is 9.59 Å². The first kappa shape index (κ1) is 21.6. The molecular formula is C20H31N3O3S. The van der Waals surface area contributed by atoms with Crippen LogP contribution in [0.5, 0.6) is 0 Å². The molecule has 1 unspecified atom stereocenters. The molecule has 2 aromatic rings. The summed E-state index contributed by atoms with van der Waals surface area (Å²) in [4.78, 5) is 34.9. The van der Waals surface area contributed by atoms with Crippen LogP contribution < -0.4 is 5.56 Å². The normalized spacial score (nSPS) is 12.7. The van der Waals surface area contributed by atoms with Crippen molar-refractivity contribution < 1.29 is 9.53 Å². The Morgan fingerprint density at radius 3 is 2.44 bits per heavy atom. The van der Waals surface area contributed by atoms with Gasteiger partial charge in [0.15, 0.2) is 0 Å². The molecule has 0 aromatic carbocycles. The summed E-state index contributed by atoms with van der Waals surface area (Å²) in [6.07, 6.45) is 1.24. The average Bonchev–Trinajstić information content (AvgIpc) is 2.94. The first-order chi connectivity index (χ1) is 12.9. The van der Waals surface area contributed by atoms with E-state index in [2.05, 4.69) is 18.7 Å². The van der Waals surface area contributed by atoms with Crippen LogP contribution in [-0.2, 0) is 16.1 Å². The quantitative estimate of drug-likeness (QED) is 0.606. The number of thiophene rings is 1. The lowest BCUT2D eigenvalue weighted by Crippen LogP contribution is -2.36. The molecule has 150 valence electrons. The summed E-state index contributed by atoms with van der Waals surface area (Å²) in [6, 6.07) is -0.647. The number of carbonyl (C=O) groups excluding carboxylic acids is 1. The molecule has 0 saturated heterocycles. The van der Waals surface area contributed by atoms with Crippen molar-refractivity contribution in [2.75, 3.05) is 19.7 Å². The molecule has 6 nitrogen and oxygen atoms in total. The molecule has 1 atom stereocenters. The highest BCUT2D eigenvalue weighted by molar-refractivity contribution is 7.18. The van der Waals surface area contributed by atoms with E-state index in [1.54, 1.807) is 15.9 Å². The smallest absolute Gasteiger partial charge is 0.329 e. The van der Waals surface area contributed by atoms with Gasteiger partial charge in [-0.15, -0.1) is 11.3 Å². The highest BCUT2D eigenvalue weighted by Gasteiger charge is 2.27. The molecule has 0 aliphatic rings. The Bertz CT molecular complexity index is 852. The first-order valence-corrected chi connectivity index (χ1v) is 10.6. The number of rotatable bonds is 9. The summed E-state index contributed by atoms with van der Waals surface area (Å²) < 4.78 is 6.96. The summed E-state index contributed by atoms with van der Waals surface area (Å²) in [5.41, 5.74) is 0.816. The predicted octanol–water partition coefficient (Wildman–Crippen LogP) is 3.82. The van der Waals surface area contributed by atoms with Crippen LogP contribution in [0.1, 0.15) is 62.8 Å². The Labute approximate surface area is 165 Å². The number of nitrogens with zero attached hydrogens (tertiary/aromatic N) is 3. The van der Waals surface area contributed by atoms with E-state index in [1.165, 1.54) is 0 Å². The van der Waals surface area contributed by atoms with Crippen LogP contribution in [0.15, 0.2) is 4.79 Å². The van der Waals surface area contributed by atoms with Crippen LogP contribution in [0.4, 0.5) is 0 Å². The van der Waals surface area contributed by atoms with Gasteiger partial charge in [0.2, 0.25) is 0 Å². The molecule has 0 aliphatic carbocycles. The molecule has 0 N–H and O–H groups in total. The van der Waals surface area contributed by atoms with Gasteiger partial charge in [0, 0.05) is 4.88 Å². The number of ether oxygens (including phenoxy) is 1. The Hall–Kier alpha value is -1.73. The molecule has 0 radical (unpaired) electrons. The number of aromatic nitrogens is 2. The molecule has 0 spiro atoms. The summed E-state index contributed by atoms with van der Waals surface area (Å²) in [5.74, 6) is 0.283. The van der Waals surface area contributed by atoms with E-state index in [-0.39, 0.29) is 11.5 Å². The maximum atomic E-state index is 13.4. The van der Waals surface area contributed by atoms with Crippen molar-refractivity contribution in [3.05, 3.63) is 26.6 Å². The Kier molecular flexibility index (Phi) is 7.56. The van der Waals surface area contributed by atoms with E-state index < -0.39 is 6.04 Å². The number of esters is 1. The molecule has 0 bridgehead atoms. The fourth-order valence-corrected chi connectivity index (χ4v) is 4.22. The fourth-order valence-electron chi connectivity index (χ4n) is 3.18. The third kappa shape index (κ3) is 4.41. The van der Waals surface area contributed by atoms with Crippen molar-refractivity contribution in [3.8, 4) is 0 Å². The minimum absolute atomic E-state index is 0.135. The largest absolute Gasteiger partial charge is 0.464 e. The Morgan fingerprint density at radius 2 is 1.89 bits per heavy atom. The second kappa shape index (κ2) is 9.46. The van der Waals surface area contributed by atoms with Crippen LogP contribution in [0.3, 0.4) is 0 Å². The van der Waals surface area contributed by atoms with Crippen molar-refractivity contribution in [1.29, 1.82) is 0 Å².